The predicted molar refractivity (Wildman–Crippen MR) is 169 cm³/mol. The molecule has 0 bridgehead atoms. The molecular weight excluding hydrogens is 488 g/mol. The van der Waals surface area contributed by atoms with Crippen molar-refractivity contribution in [2.75, 3.05) is 0 Å². The molecule has 6 aromatic rings. The molecular formula is C38H35S+. The molecule has 1 saturated carbocycles. The average molecular weight is 524 g/mol. The van der Waals surface area contributed by atoms with Crippen LogP contribution in [0.5, 0.6) is 0 Å². The van der Waals surface area contributed by atoms with E-state index in [1.165, 1.54) is 97.5 Å². The number of rotatable bonds is 6. The summed E-state index contributed by atoms with van der Waals surface area (Å²) in [6, 6.07) is 45.6. The van der Waals surface area contributed by atoms with Crippen LogP contribution < -0.4 is 0 Å². The lowest BCUT2D eigenvalue weighted by Gasteiger charge is -2.22. The Morgan fingerprint density at radius 1 is 0.462 bits per heavy atom. The summed E-state index contributed by atoms with van der Waals surface area (Å²) in [5.74, 6) is 0.901. The molecule has 0 aromatic heterocycles. The van der Waals surface area contributed by atoms with Gasteiger partial charge >= 0.3 is 0 Å². The Kier molecular flexibility index (Phi) is 6.85. The summed E-state index contributed by atoms with van der Waals surface area (Å²) in [6.45, 7) is 0. The van der Waals surface area contributed by atoms with Crippen molar-refractivity contribution in [1.82, 2.24) is 0 Å². The predicted octanol–water partition coefficient (Wildman–Crippen LogP) is 10.8. The minimum atomic E-state index is -0.255. The summed E-state index contributed by atoms with van der Waals surface area (Å²) >= 11 is 0. The molecule has 1 aliphatic carbocycles. The van der Waals surface area contributed by atoms with Gasteiger partial charge in [0, 0.05) is 16.2 Å². The van der Waals surface area contributed by atoms with E-state index in [0.29, 0.717) is 0 Å². The summed E-state index contributed by atoms with van der Waals surface area (Å²) in [4.78, 5) is 4.24. The summed E-state index contributed by atoms with van der Waals surface area (Å²) < 4.78 is 0. The van der Waals surface area contributed by atoms with Gasteiger partial charge in [-0.05, 0) is 76.9 Å². The maximum absolute atomic E-state index is 2.46. The molecule has 0 atom stereocenters. The molecule has 0 saturated heterocycles. The summed E-state index contributed by atoms with van der Waals surface area (Å²) in [6.07, 6.45) is 9.61. The molecule has 0 aliphatic heterocycles. The van der Waals surface area contributed by atoms with Crippen LogP contribution in [0.25, 0.3) is 32.3 Å². The first-order valence-corrected chi connectivity index (χ1v) is 15.8. The quantitative estimate of drug-likeness (QED) is 0.190. The smallest absolute Gasteiger partial charge is 0.0616 e. The van der Waals surface area contributed by atoms with E-state index < -0.39 is 0 Å². The number of fused-ring (bicyclic) bond motifs is 3. The van der Waals surface area contributed by atoms with Crippen LogP contribution in [-0.4, -0.2) is 0 Å². The van der Waals surface area contributed by atoms with Gasteiger partial charge in [0.25, 0.3) is 0 Å². The van der Waals surface area contributed by atoms with Crippen molar-refractivity contribution < 1.29 is 0 Å². The summed E-state index contributed by atoms with van der Waals surface area (Å²) in [7, 11) is -0.255. The lowest BCUT2D eigenvalue weighted by atomic mass is 9.85. The van der Waals surface area contributed by atoms with Gasteiger partial charge in [-0.1, -0.05) is 117 Å². The standard InChI is InChI=1S/C38H35S/c1-2-12-28(13-3-1)24-25-31-26-27-38(35-21-9-8-18-32(31)35)39(36-22-10-16-29-14-4-6-19-33(29)36)37-23-11-17-30-15-5-7-20-34(30)37/h4-11,14-23,26-28H,1-3,12-13,24-25H2/q+1. The van der Waals surface area contributed by atoms with E-state index in [-0.39, 0.29) is 10.9 Å². The van der Waals surface area contributed by atoms with Crippen molar-refractivity contribution in [1.29, 1.82) is 0 Å². The summed E-state index contributed by atoms with van der Waals surface area (Å²) in [5, 5.41) is 8.15. The van der Waals surface area contributed by atoms with Gasteiger partial charge in [-0.15, -0.1) is 0 Å². The van der Waals surface area contributed by atoms with Crippen LogP contribution >= 0.6 is 0 Å². The van der Waals surface area contributed by atoms with Gasteiger partial charge in [0.2, 0.25) is 0 Å². The number of aryl methyl sites for hydroxylation is 1. The highest BCUT2D eigenvalue weighted by Crippen LogP contribution is 2.42. The molecule has 0 N–H and O–H groups in total. The second-order valence-electron chi connectivity index (χ2n) is 11.1. The molecule has 192 valence electrons. The Morgan fingerprint density at radius 3 is 1.62 bits per heavy atom. The Hall–Kier alpha value is -3.55. The zero-order chi connectivity index (χ0) is 26.0. The maximum Gasteiger partial charge on any atom is 0.174 e. The van der Waals surface area contributed by atoms with E-state index in [0.717, 1.165) is 5.92 Å². The molecule has 6 aromatic carbocycles. The second-order valence-corrected chi connectivity index (χ2v) is 13.0. The first-order valence-electron chi connectivity index (χ1n) is 14.6. The van der Waals surface area contributed by atoms with Crippen molar-refractivity contribution in [3.8, 4) is 0 Å². The van der Waals surface area contributed by atoms with E-state index in [2.05, 4.69) is 121 Å². The van der Waals surface area contributed by atoms with Gasteiger partial charge in [0.05, 0.1) is 0 Å². The van der Waals surface area contributed by atoms with E-state index in [9.17, 15) is 0 Å². The fourth-order valence-electron chi connectivity index (χ4n) is 6.67. The maximum atomic E-state index is 2.46. The van der Waals surface area contributed by atoms with E-state index in [1.54, 1.807) is 0 Å². The Bertz CT molecular complexity index is 1670. The Morgan fingerprint density at radius 2 is 0.974 bits per heavy atom. The normalized spacial score (nSPS) is 14.5. The molecule has 0 nitrogen and oxygen atoms in total. The van der Waals surface area contributed by atoms with Crippen LogP contribution in [-0.2, 0) is 17.3 Å². The highest BCUT2D eigenvalue weighted by molar-refractivity contribution is 7.97. The van der Waals surface area contributed by atoms with Gasteiger partial charge in [-0.3, -0.25) is 0 Å². The van der Waals surface area contributed by atoms with Crippen LogP contribution in [0.2, 0.25) is 0 Å². The molecule has 0 heterocycles. The Balaban J connectivity index is 1.43. The number of hydrogen-bond donors (Lipinski definition) is 0. The highest BCUT2D eigenvalue weighted by Gasteiger charge is 2.34. The highest BCUT2D eigenvalue weighted by atomic mass is 32.2. The lowest BCUT2D eigenvalue weighted by molar-refractivity contribution is 0.339. The molecule has 1 fully saturated rings. The van der Waals surface area contributed by atoms with Crippen LogP contribution in [0.1, 0.15) is 44.1 Å². The minimum Gasteiger partial charge on any atom is -0.0616 e. The summed E-state index contributed by atoms with van der Waals surface area (Å²) in [5.41, 5.74) is 1.51. The fraction of sp³-hybridized carbons (Fsp3) is 0.211. The van der Waals surface area contributed by atoms with Crippen molar-refractivity contribution in [2.45, 2.75) is 59.6 Å². The molecule has 7 rings (SSSR count). The van der Waals surface area contributed by atoms with Crippen molar-refractivity contribution in [2.24, 2.45) is 5.92 Å². The third-order valence-corrected chi connectivity index (χ3v) is 11.1. The van der Waals surface area contributed by atoms with Gasteiger partial charge in [-0.25, -0.2) is 0 Å². The SMILES string of the molecule is c1ccc2c([S+](c3cccc4ccccc34)c3ccc(CCC4CCCCC4)c4ccccc34)cccc2c1. The molecule has 0 radical (unpaired) electrons. The van der Waals surface area contributed by atoms with Crippen LogP contribution in [0, 0.1) is 5.92 Å². The first kappa shape index (κ1) is 24.5. The van der Waals surface area contributed by atoms with Crippen molar-refractivity contribution in [3.63, 3.8) is 0 Å². The van der Waals surface area contributed by atoms with Crippen molar-refractivity contribution >= 4 is 43.2 Å². The second kappa shape index (κ2) is 10.9. The zero-order valence-corrected chi connectivity index (χ0v) is 23.3. The third kappa shape index (κ3) is 4.74. The van der Waals surface area contributed by atoms with Gasteiger partial charge in [0.15, 0.2) is 14.7 Å². The van der Waals surface area contributed by atoms with E-state index in [4.69, 9.17) is 0 Å². The topological polar surface area (TPSA) is 0 Å². The molecule has 1 aliphatic rings. The fourth-order valence-corrected chi connectivity index (χ4v) is 9.22. The molecule has 1 heteroatoms. The van der Waals surface area contributed by atoms with Crippen molar-refractivity contribution in [3.05, 3.63) is 127 Å². The van der Waals surface area contributed by atoms with Crippen LogP contribution in [0.15, 0.2) is 136 Å². The molecule has 0 spiro atoms. The average Bonchev–Trinajstić information content (AvgIpc) is 3.01. The molecule has 0 amide bonds. The third-order valence-electron chi connectivity index (χ3n) is 8.68. The number of benzene rings is 6. The van der Waals surface area contributed by atoms with Crippen LogP contribution in [0.4, 0.5) is 0 Å². The Labute approximate surface area is 235 Å². The zero-order valence-electron chi connectivity index (χ0n) is 22.5. The van der Waals surface area contributed by atoms with Gasteiger partial charge in [0.1, 0.15) is 10.9 Å². The molecule has 39 heavy (non-hydrogen) atoms. The van der Waals surface area contributed by atoms with E-state index >= 15 is 0 Å². The number of hydrogen-bond acceptors (Lipinski definition) is 0. The van der Waals surface area contributed by atoms with E-state index in [1.807, 2.05) is 0 Å². The van der Waals surface area contributed by atoms with Gasteiger partial charge < -0.3 is 0 Å². The van der Waals surface area contributed by atoms with Gasteiger partial charge in [-0.2, -0.15) is 0 Å². The largest absolute Gasteiger partial charge is 0.174 e. The first-order chi connectivity index (χ1) is 19.4. The van der Waals surface area contributed by atoms with Crippen LogP contribution in [0.3, 0.4) is 0 Å². The minimum absolute atomic E-state index is 0.255. The lowest BCUT2D eigenvalue weighted by Crippen LogP contribution is -2.09. The monoisotopic (exact) mass is 523 g/mol. The molecule has 0 unspecified atom stereocenters.